The summed E-state index contributed by atoms with van der Waals surface area (Å²) in [6.45, 7) is 2.69. The monoisotopic (exact) mass is 331 g/mol. The SMILES string of the molecule is CCNC(c1ccc(Cl)c(OC)c1)C1CCCCS1(=O)=O. The summed E-state index contributed by atoms with van der Waals surface area (Å²) in [5, 5.41) is 3.47. The van der Waals surface area contributed by atoms with Gasteiger partial charge in [0, 0.05) is 6.04 Å². The van der Waals surface area contributed by atoms with Crippen molar-refractivity contribution in [3.63, 3.8) is 0 Å². The standard InChI is InChI=1S/C15H22ClNO3S/c1-3-17-15(14-6-4-5-9-21(14,18)19)11-7-8-12(16)13(10-11)20-2/h7-8,10,14-15,17H,3-6,9H2,1-2H3. The van der Waals surface area contributed by atoms with Crippen molar-refractivity contribution in [1.82, 2.24) is 5.32 Å². The Morgan fingerprint density at radius 1 is 1.43 bits per heavy atom. The van der Waals surface area contributed by atoms with E-state index in [1.54, 1.807) is 13.2 Å². The Bertz CT molecular complexity index is 589. The molecule has 4 nitrogen and oxygen atoms in total. The number of rotatable bonds is 5. The van der Waals surface area contributed by atoms with Crippen molar-refractivity contribution in [3.05, 3.63) is 28.8 Å². The molecule has 6 heteroatoms. The molecule has 0 aliphatic carbocycles. The van der Waals surface area contributed by atoms with Gasteiger partial charge in [-0.2, -0.15) is 0 Å². The molecule has 2 unspecified atom stereocenters. The smallest absolute Gasteiger partial charge is 0.155 e. The summed E-state index contributed by atoms with van der Waals surface area (Å²) in [7, 11) is -1.50. The number of sulfone groups is 1. The number of hydrogen-bond donors (Lipinski definition) is 1. The molecule has 0 bridgehead atoms. The van der Waals surface area contributed by atoms with Crippen molar-refractivity contribution in [1.29, 1.82) is 0 Å². The van der Waals surface area contributed by atoms with E-state index < -0.39 is 9.84 Å². The fourth-order valence-corrected chi connectivity index (χ4v) is 5.21. The van der Waals surface area contributed by atoms with Gasteiger partial charge in [-0.1, -0.05) is 31.0 Å². The number of benzene rings is 1. The predicted octanol–water partition coefficient (Wildman–Crippen LogP) is 2.97. The van der Waals surface area contributed by atoms with Crippen LogP contribution in [0.1, 0.15) is 37.8 Å². The van der Waals surface area contributed by atoms with E-state index in [4.69, 9.17) is 16.3 Å². The quantitative estimate of drug-likeness (QED) is 0.901. The molecule has 0 saturated carbocycles. The summed E-state index contributed by atoms with van der Waals surface area (Å²) >= 11 is 6.06. The van der Waals surface area contributed by atoms with E-state index in [0.717, 1.165) is 18.4 Å². The summed E-state index contributed by atoms with van der Waals surface area (Å²) in [6, 6.07) is 5.25. The molecular weight excluding hydrogens is 310 g/mol. The molecule has 0 amide bonds. The third kappa shape index (κ3) is 3.71. The molecular formula is C15H22ClNO3S. The average molecular weight is 332 g/mol. The Kier molecular flexibility index (Phi) is 5.52. The molecule has 1 heterocycles. The first-order valence-electron chi connectivity index (χ1n) is 7.28. The van der Waals surface area contributed by atoms with Crippen LogP contribution in [0.25, 0.3) is 0 Å². The van der Waals surface area contributed by atoms with Gasteiger partial charge in [0.2, 0.25) is 0 Å². The van der Waals surface area contributed by atoms with E-state index in [-0.39, 0.29) is 17.0 Å². The maximum Gasteiger partial charge on any atom is 0.155 e. The highest BCUT2D eigenvalue weighted by Crippen LogP contribution is 2.34. The summed E-state index contributed by atoms with van der Waals surface area (Å²) in [5.41, 5.74) is 0.911. The zero-order chi connectivity index (χ0) is 15.5. The third-order valence-electron chi connectivity index (χ3n) is 3.96. The summed E-state index contributed by atoms with van der Waals surface area (Å²) in [4.78, 5) is 0. The number of halogens is 1. The zero-order valence-corrected chi connectivity index (χ0v) is 14.0. The zero-order valence-electron chi connectivity index (χ0n) is 12.4. The third-order valence-corrected chi connectivity index (χ3v) is 6.56. The van der Waals surface area contributed by atoms with E-state index in [2.05, 4.69) is 5.32 Å². The largest absolute Gasteiger partial charge is 0.495 e. The highest BCUT2D eigenvalue weighted by atomic mass is 35.5. The summed E-state index contributed by atoms with van der Waals surface area (Å²) in [5.74, 6) is 0.856. The molecule has 1 aliphatic rings. The lowest BCUT2D eigenvalue weighted by Crippen LogP contribution is -2.40. The van der Waals surface area contributed by atoms with Crippen molar-refractivity contribution in [2.45, 2.75) is 37.5 Å². The molecule has 118 valence electrons. The Labute approximate surface area is 131 Å². The van der Waals surface area contributed by atoms with Crippen LogP contribution in [0.4, 0.5) is 0 Å². The van der Waals surface area contributed by atoms with E-state index in [0.29, 0.717) is 23.7 Å². The number of methoxy groups -OCH3 is 1. The molecule has 1 aromatic rings. The van der Waals surface area contributed by atoms with E-state index in [1.807, 2.05) is 19.1 Å². The average Bonchev–Trinajstić information content (AvgIpc) is 2.46. The molecule has 1 aliphatic heterocycles. The molecule has 0 radical (unpaired) electrons. The lowest BCUT2D eigenvalue weighted by Gasteiger charge is -2.31. The second-order valence-corrected chi connectivity index (χ2v) is 8.08. The van der Waals surface area contributed by atoms with Gasteiger partial charge >= 0.3 is 0 Å². The second-order valence-electron chi connectivity index (χ2n) is 5.33. The molecule has 21 heavy (non-hydrogen) atoms. The topological polar surface area (TPSA) is 55.4 Å². The van der Waals surface area contributed by atoms with Gasteiger partial charge in [-0.05, 0) is 37.1 Å². The van der Waals surface area contributed by atoms with Crippen molar-refractivity contribution in [2.24, 2.45) is 0 Å². The lowest BCUT2D eigenvalue weighted by atomic mass is 9.99. The highest BCUT2D eigenvalue weighted by Gasteiger charge is 2.36. The van der Waals surface area contributed by atoms with Crippen LogP contribution in [0.3, 0.4) is 0 Å². The first kappa shape index (κ1) is 16.6. The van der Waals surface area contributed by atoms with E-state index >= 15 is 0 Å². The Hall–Kier alpha value is -0.780. The molecule has 1 saturated heterocycles. The molecule has 1 N–H and O–H groups in total. The highest BCUT2D eigenvalue weighted by molar-refractivity contribution is 7.92. The van der Waals surface area contributed by atoms with Crippen LogP contribution in [0.15, 0.2) is 18.2 Å². The molecule has 1 fully saturated rings. The van der Waals surface area contributed by atoms with Gasteiger partial charge in [-0.25, -0.2) is 8.42 Å². The molecule has 2 atom stereocenters. The van der Waals surface area contributed by atoms with Gasteiger partial charge in [0.1, 0.15) is 5.75 Å². The van der Waals surface area contributed by atoms with Gasteiger partial charge < -0.3 is 10.1 Å². The van der Waals surface area contributed by atoms with Crippen molar-refractivity contribution >= 4 is 21.4 Å². The lowest BCUT2D eigenvalue weighted by molar-refractivity contribution is 0.411. The van der Waals surface area contributed by atoms with Gasteiger partial charge in [0.05, 0.1) is 23.1 Å². The first-order valence-corrected chi connectivity index (χ1v) is 9.37. The molecule has 0 aromatic heterocycles. The van der Waals surface area contributed by atoms with Crippen molar-refractivity contribution in [2.75, 3.05) is 19.4 Å². The normalized spacial score (nSPS) is 22.7. The van der Waals surface area contributed by atoms with Crippen LogP contribution in [-0.2, 0) is 9.84 Å². The molecule has 1 aromatic carbocycles. The maximum absolute atomic E-state index is 12.4. The molecule has 0 spiro atoms. The maximum atomic E-state index is 12.4. The predicted molar refractivity (Wildman–Crippen MR) is 85.8 cm³/mol. The summed E-state index contributed by atoms with van der Waals surface area (Å²) < 4.78 is 30.0. The minimum absolute atomic E-state index is 0.216. The van der Waals surface area contributed by atoms with Gasteiger partial charge in [0.15, 0.2) is 9.84 Å². The van der Waals surface area contributed by atoms with Crippen LogP contribution < -0.4 is 10.1 Å². The number of hydrogen-bond acceptors (Lipinski definition) is 4. The second kappa shape index (κ2) is 6.99. The number of ether oxygens (including phenoxy) is 1. The Balaban J connectivity index is 2.38. The van der Waals surface area contributed by atoms with Crippen LogP contribution in [-0.4, -0.2) is 33.1 Å². The molecule has 2 rings (SSSR count). The van der Waals surface area contributed by atoms with Crippen LogP contribution in [0.2, 0.25) is 5.02 Å². The van der Waals surface area contributed by atoms with Crippen LogP contribution in [0, 0.1) is 0 Å². The van der Waals surface area contributed by atoms with Gasteiger partial charge in [0.25, 0.3) is 0 Å². The van der Waals surface area contributed by atoms with Gasteiger partial charge in [-0.15, -0.1) is 0 Å². The Morgan fingerprint density at radius 2 is 2.19 bits per heavy atom. The minimum Gasteiger partial charge on any atom is -0.495 e. The fourth-order valence-electron chi connectivity index (χ4n) is 2.91. The van der Waals surface area contributed by atoms with Crippen molar-refractivity contribution < 1.29 is 13.2 Å². The van der Waals surface area contributed by atoms with Crippen LogP contribution in [0.5, 0.6) is 5.75 Å². The fraction of sp³-hybridized carbons (Fsp3) is 0.600. The van der Waals surface area contributed by atoms with Crippen molar-refractivity contribution in [3.8, 4) is 5.75 Å². The van der Waals surface area contributed by atoms with E-state index in [1.165, 1.54) is 0 Å². The number of nitrogens with one attached hydrogen (secondary N) is 1. The van der Waals surface area contributed by atoms with E-state index in [9.17, 15) is 8.42 Å². The van der Waals surface area contributed by atoms with Gasteiger partial charge in [-0.3, -0.25) is 0 Å². The van der Waals surface area contributed by atoms with Crippen LogP contribution >= 0.6 is 11.6 Å². The minimum atomic E-state index is -3.06. The summed E-state index contributed by atoms with van der Waals surface area (Å²) in [6.07, 6.45) is 2.42. The Morgan fingerprint density at radius 3 is 2.81 bits per heavy atom. The first-order chi connectivity index (χ1) is 9.99.